The van der Waals surface area contributed by atoms with Crippen LogP contribution in [0.25, 0.3) is 0 Å². The van der Waals surface area contributed by atoms with Crippen LogP contribution in [0.2, 0.25) is 0 Å². The van der Waals surface area contributed by atoms with E-state index in [4.69, 9.17) is 0 Å². The quantitative estimate of drug-likeness (QED) is 0.750. The highest BCUT2D eigenvalue weighted by Crippen LogP contribution is 2.18. The minimum absolute atomic E-state index is 0.107. The van der Waals surface area contributed by atoms with Gasteiger partial charge in [-0.25, -0.2) is 4.39 Å². The van der Waals surface area contributed by atoms with Crippen molar-refractivity contribution in [3.8, 4) is 0 Å². The first-order valence-electron chi connectivity index (χ1n) is 5.71. The zero-order chi connectivity index (χ0) is 11.5. The third kappa shape index (κ3) is 2.40. The van der Waals surface area contributed by atoms with Crippen LogP contribution in [0.5, 0.6) is 0 Å². The lowest BCUT2D eigenvalue weighted by molar-refractivity contribution is -0.130. The molecule has 1 saturated heterocycles. The molecule has 1 amide bonds. The molecule has 1 aromatic rings. The molecule has 0 aromatic heterocycles. The maximum atomic E-state index is 12.9. The largest absolute Gasteiger partial charge is 0.340 e. The van der Waals surface area contributed by atoms with E-state index < -0.39 is 0 Å². The Morgan fingerprint density at radius 1 is 1.56 bits per heavy atom. The molecule has 0 spiro atoms. The van der Waals surface area contributed by atoms with Crippen molar-refractivity contribution in [1.29, 1.82) is 0 Å². The van der Waals surface area contributed by atoms with E-state index in [0.29, 0.717) is 12.5 Å². The summed E-state index contributed by atoms with van der Waals surface area (Å²) in [4.78, 5) is 13.8. The number of carbonyl (C=O) groups is 1. The molecule has 0 N–H and O–H groups in total. The topological polar surface area (TPSA) is 20.3 Å². The lowest BCUT2D eigenvalue weighted by Crippen LogP contribution is -2.34. The van der Waals surface area contributed by atoms with Crippen molar-refractivity contribution in [3.05, 3.63) is 35.6 Å². The summed E-state index contributed by atoms with van der Waals surface area (Å²) in [5.41, 5.74) is 0.754. The van der Waals surface area contributed by atoms with E-state index in [1.54, 1.807) is 12.1 Å². The molecular formula is C13H16FNO. The lowest BCUT2D eigenvalue weighted by Gasteiger charge is -2.21. The number of hydrogen-bond acceptors (Lipinski definition) is 1. The molecule has 0 aliphatic carbocycles. The molecule has 1 atom stereocenters. The molecule has 1 aromatic carbocycles. The Labute approximate surface area is 95.1 Å². The smallest absolute Gasteiger partial charge is 0.227 e. The Hall–Kier alpha value is -1.38. The summed E-state index contributed by atoms with van der Waals surface area (Å²) in [6, 6.07) is 6.60. The van der Waals surface area contributed by atoms with Crippen LogP contribution in [0, 0.1) is 5.82 Å². The van der Waals surface area contributed by atoms with Crippen LogP contribution in [0.4, 0.5) is 4.39 Å². The number of nitrogens with zero attached hydrogens (tertiary/aromatic N) is 1. The fourth-order valence-electron chi connectivity index (χ4n) is 2.23. The minimum atomic E-state index is -0.278. The molecule has 0 saturated carbocycles. The minimum Gasteiger partial charge on any atom is -0.340 e. The van der Waals surface area contributed by atoms with Gasteiger partial charge in [0, 0.05) is 12.6 Å². The van der Waals surface area contributed by atoms with Crippen molar-refractivity contribution in [1.82, 2.24) is 4.90 Å². The summed E-state index contributed by atoms with van der Waals surface area (Å²) < 4.78 is 12.9. The first-order valence-corrected chi connectivity index (χ1v) is 5.71. The van der Waals surface area contributed by atoms with Crippen LogP contribution >= 0.6 is 0 Å². The second-order valence-electron chi connectivity index (χ2n) is 4.39. The number of likely N-dealkylation sites (tertiary alicyclic amines) is 1. The van der Waals surface area contributed by atoms with E-state index in [1.807, 2.05) is 4.90 Å². The van der Waals surface area contributed by atoms with Gasteiger partial charge in [-0.1, -0.05) is 12.1 Å². The fraction of sp³-hybridized carbons (Fsp3) is 0.462. The lowest BCUT2D eigenvalue weighted by atomic mass is 10.1. The second-order valence-corrected chi connectivity index (χ2v) is 4.39. The van der Waals surface area contributed by atoms with Crippen molar-refractivity contribution in [2.45, 2.75) is 32.2 Å². The molecule has 2 nitrogen and oxygen atoms in total. The molecule has 2 rings (SSSR count). The van der Waals surface area contributed by atoms with Crippen LogP contribution in [0.15, 0.2) is 24.3 Å². The molecule has 0 bridgehead atoms. The highest BCUT2D eigenvalue weighted by Gasteiger charge is 2.24. The average Bonchev–Trinajstić information content (AvgIpc) is 2.64. The molecular weight excluding hydrogens is 205 g/mol. The summed E-state index contributed by atoms with van der Waals surface area (Å²) in [5, 5.41) is 0. The summed E-state index contributed by atoms with van der Waals surface area (Å²) in [6.45, 7) is 2.91. The number of benzene rings is 1. The molecule has 1 aliphatic heterocycles. The Morgan fingerprint density at radius 3 is 3.00 bits per heavy atom. The summed E-state index contributed by atoms with van der Waals surface area (Å²) in [6.07, 6.45) is 2.47. The highest BCUT2D eigenvalue weighted by molar-refractivity contribution is 5.79. The van der Waals surface area contributed by atoms with Crippen LogP contribution in [0.3, 0.4) is 0 Å². The molecule has 16 heavy (non-hydrogen) atoms. The maximum absolute atomic E-state index is 12.9. The van der Waals surface area contributed by atoms with Gasteiger partial charge in [-0.2, -0.15) is 0 Å². The van der Waals surface area contributed by atoms with E-state index >= 15 is 0 Å². The number of amides is 1. The summed E-state index contributed by atoms with van der Waals surface area (Å²) >= 11 is 0. The molecule has 3 heteroatoms. The van der Waals surface area contributed by atoms with Crippen LogP contribution in [-0.2, 0) is 11.2 Å². The monoisotopic (exact) mass is 221 g/mol. The number of carbonyl (C=O) groups excluding carboxylic acids is 1. The van der Waals surface area contributed by atoms with Gasteiger partial charge >= 0.3 is 0 Å². The van der Waals surface area contributed by atoms with Crippen molar-refractivity contribution >= 4 is 5.91 Å². The zero-order valence-electron chi connectivity index (χ0n) is 9.45. The first-order chi connectivity index (χ1) is 7.66. The van der Waals surface area contributed by atoms with Gasteiger partial charge in [0.25, 0.3) is 0 Å². The Kier molecular flexibility index (Phi) is 3.22. The van der Waals surface area contributed by atoms with E-state index in [0.717, 1.165) is 24.9 Å². The van der Waals surface area contributed by atoms with Gasteiger partial charge in [0.15, 0.2) is 0 Å². The zero-order valence-corrected chi connectivity index (χ0v) is 9.45. The van der Waals surface area contributed by atoms with E-state index in [-0.39, 0.29) is 11.7 Å². The Bertz CT molecular complexity index is 391. The highest BCUT2D eigenvalue weighted by atomic mass is 19.1. The van der Waals surface area contributed by atoms with Crippen molar-refractivity contribution in [2.24, 2.45) is 0 Å². The van der Waals surface area contributed by atoms with E-state index in [1.165, 1.54) is 12.1 Å². The number of halogens is 1. The van der Waals surface area contributed by atoms with Crippen molar-refractivity contribution < 1.29 is 9.18 Å². The van der Waals surface area contributed by atoms with E-state index in [9.17, 15) is 9.18 Å². The summed E-state index contributed by atoms with van der Waals surface area (Å²) in [5.74, 6) is -0.171. The average molecular weight is 221 g/mol. The fourth-order valence-corrected chi connectivity index (χ4v) is 2.23. The molecule has 1 fully saturated rings. The molecule has 1 unspecified atom stereocenters. The Morgan fingerprint density at radius 2 is 2.38 bits per heavy atom. The summed E-state index contributed by atoms with van der Waals surface area (Å²) in [7, 11) is 0. The van der Waals surface area contributed by atoms with Gasteiger partial charge in [0.1, 0.15) is 5.82 Å². The predicted octanol–water partition coefficient (Wildman–Crippen LogP) is 2.38. The molecule has 0 radical (unpaired) electrons. The van der Waals surface area contributed by atoms with Gasteiger partial charge in [0.2, 0.25) is 5.91 Å². The second kappa shape index (κ2) is 4.64. The van der Waals surface area contributed by atoms with Gasteiger partial charge in [-0.3, -0.25) is 4.79 Å². The molecule has 86 valence electrons. The normalized spacial score (nSPS) is 20.1. The van der Waals surface area contributed by atoms with E-state index in [2.05, 4.69) is 6.92 Å². The predicted molar refractivity (Wildman–Crippen MR) is 60.5 cm³/mol. The molecule has 1 heterocycles. The van der Waals surface area contributed by atoms with Gasteiger partial charge in [0.05, 0.1) is 6.42 Å². The Balaban J connectivity index is 2.02. The van der Waals surface area contributed by atoms with Gasteiger partial charge in [-0.15, -0.1) is 0 Å². The van der Waals surface area contributed by atoms with Gasteiger partial charge < -0.3 is 4.90 Å². The maximum Gasteiger partial charge on any atom is 0.227 e. The standard InChI is InChI=1S/C13H16FNO/c1-10-4-3-7-15(10)13(16)9-11-5-2-6-12(14)8-11/h2,5-6,8,10H,3-4,7,9H2,1H3. The van der Waals surface area contributed by atoms with Crippen LogP contribution < -0.4 is 0 Å². The third-order valence-corrected chi connectivity index (χ3v) is 3.12. The van der Waals surface area contributed by atoms with Gasteiger partial charge in [-0.05, 0) is 37.5 Å². The number of rotatable bonds is 2. The van der Waals surface area contributed by atoms with Crippen molar-refractivity contribution in [2.75, 3.05) is 6.54 Å². The van der Waals surface area contributed by atoms with Crippen LogP contribution in [-0.4, -0.2) is 23.4 Å². The molecule has 1 aliphatic rings. The first kappa shape index (κ1) is 11.1. The SMILES string of the molecule is CC1CCCN1C(=O)Cc1cccc(F)c1. The van der Waals surface area contributed by atoms with Crippen molar-refractivity contribution in [3.63, 3.8) is 0 Å². The van der Waals surface area contributed by atoms with Crippen LogP contribution in [0.1, 0.15) is 25.3 Å². The third-order valence-electron chi connectivity index (χ3n) is 3.12. The number of hydrogen-bond donors (Lipinski definition) is 0.